The Balaban J connectivity index is 1.93. The van der Waals surface area contributed by atoms with E-state index in [1.165, 1.54) is 43.2 Å². The van der Waals surface area contributed by atoms with Crippen molar-refractivity contribution in [2.75, 3.05) is 20.1 Å². The van der Waals surface area contributed by atoms with Crippen molar-refractivity contribution >= 4 is 0 Å². The first kappa shape index (κ1) is 15.5. The summed E-state index contributed by atoms with van der Waals surface area (Å²) in [6.07, 6.45) is 8.17. The van der Waals surface area contributed by atoms with Gasteiger partial charge in [0, 0.05) is 12.6 Å². The van der Waals surface area contributed by atoms with Gasteiger partial charge in [0.1, 0.15) is 0 Å². The minimum atomic E-state index is 0.797. The smallest absolute Gasteiger partial charge is 0.0236 e. The Kier molecular flexibility index (Phi) is 6.55. The average Bonchev–Trinajstić information content (AvgIpc) is 2.50. The second-order valence-corrected chi connectivity index (χ2v) is 6.08. The van der Waals surface area contributed by atoms with Crippen LogP contribution in [0.2, 0.25) is 0 Å². The van der Waals surface area contributed by atoms with Gasteiger partial charge < -0.3 is 5.32 Å². The number of rotatable bonds is 7. The molecule has 0 atom stereocenters. The lowest BCUT2D eigenvalue weighted by atomic mass is 9.94. The van der Waals surface area contributed by atoms with Crippen LogP contribution in [0.1, 0.15) is 50.2 Å². The van der Waals surface area contributed by atoms with E-state index in [-0.39, 0.29) is 0 Å². The predicted octanol–water partition coefficient (Wildman–Crippen LogP) is 3.60. The fraction of sp³-hybridized carbons (Fsp3) is 0.667. The largest absolute Gasteiger partial charge is 0.317 e. The molecule has 2 nitrogen and oxygen atoms in total. The normalized spacial score (nSPS) is 16.8. The first-order valence-corrected chi connectivity index (χ1v) is 8.29. The molecule has 1 saturated carbocycles. The van der Waals surface area contributed by atoms with Crippen LogP contribution in [0.15, 0.2) is 24.3 Å². The molecule has 1 aromatic carbocycles. The lowest BCUT2D eigenvalue weighted by molar-refractivity contribution is 0.184. The topological polar surface area (TPSA) is 15.3 Å². The Hall–Kier alpha value is -0.860. The van der Waals surface area contributed by atoms with E-state index in [1.54, 1.807) is 0 Å². The van der Waals surface area contributed by atoms with Crippen LogP contribution in [0.4, 0.5) is 0 Å². The van der Waals surface area contributed by atoms with Crippen molar-refractivity contribution in [1.82, 2.24) is 10.2 Å². The number of nitrogens with one attached hydrogen (secondary N) is 1. The maximum absolute atomic E-state index is 3.43. The second kappa shape index (κ2) is 8.43. The summed E-state index contributed by atoms with van der Waals surface area (Å²) >= 11 is 0. The third kappa shape index (κ3) is 4.60. The van der Waals surface area contributed by atoms with E-state index in [2.05, 4.69) is 48.5 Å². The summed E-state index contributed by atoms with van der Waals surface area (Å²) in [6.45, 7) is 5.42. The Labute approximate surface area is 124 Å². The Morgan fingerprint density at radius 2 is 1.80 bits per heavy atom. The van der Waals surface area contributed by atoms with Crippen molar-refractivity contribution in [1.29, 1.82) is 0 Å². The van der Waals surface area contributed by atoms with Crippen LogP contribution in [0.3, 0.4) is 0 Å². The molecule has 0 amide bonds. The molecule has 0 heterocycles. The highest BCUT2D eigenvalue weighted by atomic mass is 15.1. The van der Waals surface area contributed by atoms with E-state index in [0.717, 1.165) is 32.1 Å². The molecule has 2 heteroatoms. The molecular weight excluding hydrogens is 244 g/mol. The van der Waals surface area contributed by atoms with Crippen LogP contribution in [0.25, 0.3) is 0 Å². The molecule has 0 spiro atoms. The van der Waals surface area contributed by atoms with E-state index in [0.29, 0.717) is 0 Å². The van der Waals surface area contributed by atoms with E-state index in [4.69, 9.17) is 0 Å². The van der Waals surface area contributed by atoms with Gasteiger partial charge in [0.15, 0.2) is 0 Å². The van der Waals surface area contributed by atoms with Crippen molar-refractivity contribution in [2.24, 2.45) is 0 Å². The van der Waals surface area contributed by atoms with Crippen LogP contribution < -0.4 is 5.32 Å². The second-order valence-electron chi connectivity index (χ2n) is 6.08. The lowest BCUT2D eigenvalue weighted by Crippen LogP contribution is -2.33. The van der Waals surface area contributed by atoms with Gasteiger partial charge in [-0.05, 0) is 50.5 Å². The van der Waals surface area contributed by atoms with Crippen molar-refractivity contribution < 1.29 is 0 Å². The summed E-state index contributed by atoms with van der Waals surface area (Å²) < 4.78 is 0. The summed E-state index contributed by atoms with van der Waals surface area (Å²) in [5.41, 5.74) is 3.02. The summed E-state index contributed by atoms with van der Waals surface area (Å²) in [7, 11) is 2.30. The molecule has 1 aliphatic carbocycles. The molecule has 2 rings (SSSR count). The number of likely N-dealkylation sites (N-methyl/N-ethyl adjacent to an activating group) is 1. The van der Waals surface area contributed by atoms with E-state index in [9.17, 15) is 0 Å². The van der Waals surface area contributed by atoms with Gasteiger partial charge in [0.25, 0.3) is 0 Å². The summed E-state index contributed by atoms with van der Waals surface area (Å²) in [6, 6.07) is 9.75. The van der Waals surface area contributed by atoms with Gasteiger partial charge in [-0.15, -0.1) is 0 Å². The Bertz CT molecular complexity index is 383. The minimum Gasteiger partial charge on any atom is -0.317 e. The zero-order chi connectivity index (χ0) is 14.2. The van der Waals surface area contributed by atoms with Gasteiger partial charge in [-0.2, -0.15) is 0 Å². The monoisotopic (exact) mass is 274 g/mol. The molecule has 112 valence electrons. The molecule has 0 aromatic heterocycles. The summed E-state index contributed by atoms with van der Waals surface area (Å²) in [5.74, 6) is 0. The highest BCUT2D eigenvalue weighted by Crippen LogP contribution is 2.23. The number of hydrogen-bond donors (Lipinski definition) is 1. The van der Waals surface area contributed by atoms with Gasteiger partial charge in [-0.1, -0.05) is 50.5 Å². The lowest BCUT2D eigenvalue weighted by Gasteiger charge is -2.31. The van der Waals surface area contributed by atoms with Crippen LogP contribution >= 0.6 is 0 Å². The van der Waals surface area contributed by atoms with Gasteiger partial charge in [0.2, 0.25) is 0 Å². The van der Waals surface area contributed by atoms with E-state index in [1.807, 2.05) is 0 Å². The van der Waals surface area contributed by atoms with Crippen LogP contribution in [-0.2, 0) is 13.0 Å². The molecule has 0 bridgehead atoms. The zero-order valence-corrected chi connectivity index (χ0v) is 13.2. The van der Waals surface area contributed by atoms with Gasteiger partial charge in [-0.25, -0.2) is 0 Å². The number of nitrogens with zero attached hydrogens (tertiary/aromatic N) is 1. The molecule has 1 aromatic rings. The van der Waals surface area contributed by atoms with Crippen LogP contribution in [-0.4, -0.2) is 31.1 Å². The number of benzene rings is 1. The Morgan fingerprint density at radius 3 is 2.50 bits per heavy atom. The molecule has 0 radical (unpaired) electrons. The first-order chi connectivity index (χ1) is 9.81. The van der Waals surface area contributed by atoms with Crippen molar-refractivity contribution in [3.63, 3.8) is 0 Å². The minimum absolute atomic E-state index is 0.797. The zero-order valence-electron chi connectivity index (χ0n) is 13.2. The molecular formula is C18H30N2. The number of hydrogen-bond acceptors (Lipinski definition) is 2. The van der Waals surface area contributed by atoms with Gasteiger partial charge in [-0.3, -0.25) is 4.90 Å². The molecule has 1 aliphatic rings. The molecule has 20 heavy (non-hydrogen) atoms. The molecule has 1 N–H and O–H groups in total. The molecule has 0 unspecified atom stereocenters. The van der Waals surface area contributed by atoms with Crippen molar-refractivity contribution in [3.8, 4) is 0 Å². The third-order valence-electron chi connectivity index (χ3n) is 4.56. The molecule has 0 aliphatic heterocycles. The maximum atomic E-state index is 3.43. The highest BCUT2D eigenvalue weighted by molar-refractivity contribution is 5.27. The molecule has 1 fully saturated rings. The predicted molar refractivity (Wildman–Crippen MR) is 87.0 cm³/mol. The van der Waals surface area contributed by atoms with E-state index < -0.39 is 0 Å². The van der Waals surface area contributed by atoms with Crippen LogP contribution in [0.5, 0.6) is 0 Å². The SMILES string of the molecule is CCNCCc1ccccc1CN(C)C1CCCCC1. The highest BCUT2D eigenvalue weighted by Gasteiger charge is 2.18. The van der Waals surface area contributed by atoms with Crippen LogP contribution in [0, 0.1) is 0 Å². The van der Waals surface area contributed by atoms with Gasteiger partial charge in [0.05, 0.1) is 0 Å². The van der Waals surface area contributed by atoms with Crippen molar-refractivity contribution in [3.05, 3.63) is 35.4 Å². The fourth-order valence-electron chi connectivity index (χ4n) is 3.28. The van der Waals surface area contributed by atoms with Gasteiger partial charge >= 0.3 is 0 Å². The standard InChI is InChI=1S/C18H30N2/c1-3-19-14-13-16-9-7-8-10-17(16)15-20(2)18-11-5-4-6-12-18/h7-10,18-19H,3-6,11-15H2,1-2H3. The summed E-state index contributed by atoms with van der Waals surface area (Å²) in [4.78, 5) is 2.57. The first-order valence-electron chi connectivity index (χ1n) is 8.29. The van der Waals surface area contributed by atoms with E-state index >= 15 is 0 Å². The quantitative estimate of drug-likeness (QED) is 0.764. The van der Waals surface area contributed by atoms with Crippen molar-refractivity contribution in [2.45, 2.75) is 58.0 Å². The maximum Gasteiger partial charge on any atom is 0.0236 e. The average molecular weight is 274 g/mol. The molecule has 0 saturated heterocycles. The fourth-order valence-corrected chi connectivity index (χ4v) is 3.28. The third-order valence-corrected chi connectivity index (χ3v) is 4.56. The summed E-state index contributed by atoms with van der Waals surface area (Å²) in [5, 5.41) is 3.43. The Morgan fingerprint density at radius 1 is 1.10 bits per heavy atom.